The van der Waals surface area contributed by atoms with E-state index in [1.807, 2.05) is 6.92 Å². The maximum atomic E-state index is 13.4. The van der Waals surface area contributed by atoms with Gasteiger partial charge >= 0.3 is 5.97 Å². The van der Waals surface area contributed by atoms with E-state index in [4.69, 9.17) is 4.84 Å². The lowest BCUT2D eigenvalue weighted by Crippen LogP contribution is -2.71. The smallest absolute Gasteiger partial charge is 0.327 e. The summed E-state index contributed by atoms with van der Waals surface area (Å²) in [7, 11) is 0. The lowest BCUT2D eigenvalue weighted by atomic mass is 9.96. The average Bonchev–Trinajstić information content (AvgIpc) is 3.26. The summed E-state index contributed by atoms with van der Waals surface area (Å²) in [5.74, 6) is -2.61. The van der Waals surface area contributed by atoms with E-state index in [2.05, 4.69) is 10.5 Å². The first-order valence-corrected chi connectivity index (χ1v) is 11.5. The molecule has 172 valence electrons. The van der Waals surface area contributed by atoms with Crippen molar-refractivity contribution in [2.24, 2.45) is 5.16 Å². The highest BCUT2D eigenvalue weighted by Crippen LogP contribution is 2.50. The molecule has 2 heterocycles. The Morgan fingerprint density at radius 2 is 1.84 bits per heavy atom. The summed E-state index contributed by atoms with van der Waals surface area (Å²) in [5, 5.41) is 15.9. The number of halogens is 1. The number of nitrogens with zero attached hydrogens (tertiary/aromatic N) is 2. The zero-order valence-corrected chi connectivity index (χ0v) is 18.9. The van der Waals surface area contributed by atoms with Gasteiger partial charge in [0.1, 0.15) is 28.9 Å². The number of rotatable bonds is 6. The lowest BCUT2D eigenvalue weighted by Gasteiger charge is -2.43. The number of carbonyl (C=O) groups is 3. The van der Waals surface area contributed by atoms with Crippen LogP contribution in [0.2, 0.25) is 0 Å². The molecule has 2 saturated heterocycles. The Balaban J connectivity index is 1.55. The second-order valence-electron chi connectivity index (χ2n) is 9.24. The summed E-state index contributed by atoms with van der Waals surface area (Å²) < 4.78 is 12.7. The molecule has 10 heteroatoms. The second-order valence-corrected chi connectivity index (χ2v) is 11.0. The van der Waals surface area contributed by atoms with E-state index >= 15 is 0 Å². The van der Waals surface area contributed by atoms with Crippen molar-refractivity contribution in [2.75, 3.05) is 0 Å². The van der Waals surface area contributed by atoms with Crippen LogP contribution in [-0.2, 0) is 19.2 Å². The Labute approximate surface area is 189 Å². The Morgan fingerprint density at radius 3 is 2.44 bits per heavy atom. The maximum absolute atomic E-state index is 13.4. The van der Waals surface area contributed by atoms with E-state index in [9.17, 15) is 23.9 Å². The summed E-state index contributed by atoms with van der Waals surface area (Å²) in [6, 6.07) is 3.46. The number of aliphatic carboxylic acids is 1. The van der Waals surface area contributed by atoms with Gasteiger partial charge in [0.25, 0.3) is 5.91 Å². The molecule has 0 aromatic heterocycles. The number of fused-ring (bicyclic) bond motifs is 1. The molecular weight excluding hydrogens is 437 g/mol. The Morgan fingerprint density at radius 1 is 1.22 bits per heavy atom. The number of oxime groups is 1. The van der Waals surface area contributed by atoms with Crippen LogP contribution in [0.25, 0.3) is 0 Å². The molecule has 3 atom stereocenters. The van der Waals surface area contributed by atoms with Crippen molar-refractivity contribution < 1.29 is 28.7 Å². The largest absolute Gasteiger partial charge is 0.480 e. The van der Waals surface area contributed by atoms with Gasteiger partial charge in [-0.2, -0.15) is 0 Å². The van der Waals surface area contributed by atoms with Gasteiger partial charge in [0.2, 0.25) is 5.91 Å². The van der Waals surface area contributed by atoms with Gasteiger partial charge in [-0.15, -0.1) is 11.8 Å². The van der Waals surface area contributed by atoms with Crippen LogP contribution < -0.4 is 5.32 Å². The van der Waals surface area contributed by atoms with Crippen molar-refractivity contribution >= 4 is 35.3 Å². The Bertz CT molecular complexity index is 974. The molecule has 3 aliphatic rings. The normalized spacial score (nSPS) is 28.1. The predicted octanol–water partition coefficient (Wildman–Crippen LogP) is 2.51. The molecule has 0 radical (unpaired) electrons. The molecule has 2 N–H and O–H groups in total. The molecule has 1 aromatic rings. The minimum absolute atomic E-state index is 0.0542. The first-order chi connectivity index (χ1) is 15.0. The zero-order valence-electron chi connectivity index (χ0n) is 18.1. The fourth-order valence-corrected chi connectivity index (χ4v) is 6.18. The highest BCUT2D eigenvalue weighted by atomic mass is 32.2. The standard InChI is InChI=1S/C22H26FN3O5S/c1-21(2)16(20(29)30)26-18(28)15(19(26)32-21)24-17(27)14(12-6-8-13(23)9-7-12)25-31-22(3)10-4-5-11-22/h6-9,15-16,19H,4-5,10-11H2,1-3H3,(H,24,27)(H,29,30)/b25-14-/t15-,16+,19-/m1/s1. The monoisotopic (exact) mass is 463 g/mol. The fourth-order valence-electron chi connectivity index (χ4n) is 4.56. The Hall–Kier alpha value is -2.62. The SMILES string of the molecule is CC1(O/N=C(\C(=O)N[C@@H]2C(=O)N3[C@@H]2SC(C)(C)[C@@H]3C(=O)O)c2ccc(F)cc2)CCCC1. The van der Waals surface area contributed by atoms with Crippen molar-refractivity contribution in [3.63, 3.8) is 0 Å². The number of carboxylic acid groups (broad SMARTS) is 1. The van der Waals surface area contributed by atoms with E-state index < -0.39 is 51.4 Å². The number of hydrogen-bond donors (Lipinski definition) is 2. The van der Waals surface area contributed by atoms with Crippen LogP contribution >= 0.6 is 11.8 Å². The van der Waals surface area contributed by atoms with Crippen LogP contribution in [0.4, 0.5) is 4.39 Å². The van der Waals surface area contributed by atoms with Crippen LogP contribution in [-0.4, -0.2) is 61.3 Å². The average molecular weight is 464 g/mol. The number of thioether (sulfide) groups is 1. The molecule has 0 spiro atoms. The number of nitrogens with one attached hydrogen (secondary N) is 1. The van der Waals surface area contributed by atoms with E-state index in [0.29, 0.717) is 5.56 Å². The molecule has 1 aromatic carbocycles. The van der Waals surface area contributed by atoms with Crippen molar-refractivity contribution in [1.82, 2.24) is 10.2 Å². The van der Waals surface area contributed by atoms with Gasteiger partial charge in [-0.05, 0) is 70.7 Å². The molecule has 0 unspecified atom stereocenters. The molecule has 2 aliphatic heterocycles. The topological polar surface area (TPSA) is 108 Å². The van der Waals surface area contributed by atoms with E-state index in [1.165, 1.54) is 40.9 Å². The molecule has 3 fully saturated rings. The second kappa shape index (κ2) is 8.06. The van der Waals surface area contributed by atoms with Crippen LogP contribution in [0.5, 0.6) is 0 Å². The molecular formula is C22H26FN3O5S. The zero-order chi connectivity index (χ0) is 23.3. The summed E-state index contributed by atoms with van der Waals surface area (Å²) >= 11 is 1.34. The fraction of sp³-hybridized carbons (Fsp3) is 0.545. The van der Waals surface area contributed by atoms with Crippen LogP contribution in [0.3, 0.4) is 0 Å². The summed E-state index contributed by atoms with van der Waals surface area (Å²) in [6.45, 7) is 5.46. The lowest BCUT2D eigenvalue weighted by molar-refractivity contribution is -0.160. The number of β-lactam (4-membered cyclic amide) rings is 1. The van der Waals surface area contributed by atoms with Crippen molar-refractivity contribution in [3.05, 3.63) is 35.6 Å². The van der Waals surface area contributed by atoms with Gasteiger partial charge in [0.05, 0.1) is 0 Å². The van der Waals surface area contributed by atoms with Crippen molar-refractivity contribution in [3.8, 4) is 0 Å². The summed E-state index contributed by atoms with van der Waals surface area (Å²) in [6.07, 6.45) is 3.65. The van der Waals surface area contributed by atoms with Gasteiger partial charge in [-0.3, -0.25) is 9.59 Å². The molecule has 1 saturated carbocycles. The van der Waals surface area contributed by atoms with E-state index in [-0.39, 0.29) is 5.71 Å². The molecule has 2 amide bonds. The van der Waals surface area contributed by atoms with Gasteiger partial charge in [-0.25, -0.2) is 9.18 Å². The van der Waals surface area contributed by atoms with Gasteiger partial charge in [0, 0.05) is 10.3 Å². The number of hydrogen-bond acceptors (Lipinski definition) is 6. The van der Waals surface area contributed by atoms with Gasteiger partial charge in [-0.1, -0.05) is 5.16 Å². The number of carbonyl (C=O) groups excluding carboxylic acids is 2. The molecule has 0 bridgehead atoms. The van der Waals surface area contributed by atoms with Crippen molar-refractivity contribution in [1.29, 1.82) is 0 Å². The third kappa shape index (κ3) is 3.96. The quantitative estimate of drug-likeness (QED) is 0.381. The third-order valence-corrected chi connectivity index (χ3v) is 7.88. The van der Waals surface area contributed by atoms with Crippen LogP contribution in [0.1, 0.15) is 52.0 Å². The van der Waals surface area contributed by atoms with E-state index in [1.54, 1.807) is 13.8 Å². The Kier molecular flexibility index (Phi) is 5.68. The number of carboxylic acids is 1. The third-order valence-electron chi connectivity index (χ3n) is 6.31. The van der Waals surface area contributed by atoms with Gasteiger partial charge in [0.15, 0.2) is 5.71 Å². The first kappa shape index (κ1) is 22.6. The molecule has 8 nitrogen and oxygen atoms in total. The summed E-state index contributed by atoms with van der Waals surface area (Å²) in [5.41, 5.74) is -0.173. The summed E-state index contributed by atoms with van der Waals surface area (Å²) in [4.78, 5) is 44.6. The highest BCUT2D eigenvalue weighted by molar-refractivity contribution is 8.01. The number of amides is 2. The minimum Gasteiger partial charge on any atom is -0.480 e. The van der Waals surface area contributed by atoms with E-state index in [0.717, 1.165) is 25.7 Å². The van der Waals surface area contributed by atoms with Gasteiger partial charge < -0.3 is 20.2 Å². The molecule has 4 rings (SSSR count). The maximum Gasteiger partial charge on any atom is 0.327 e. The predicted molar refractivity (Wildman–Crippen MR) is 117 cm³/mol. The molecule has 32 heavy (non-hydrogen) atoms. The van der Waals surface area contributed by atoms with Crippen molar-refractivity contribution in [2.45, 2.75) is 74.3 Å². The number of benzene rings is 1. The minimum atomic E-state index is -1.07. The van der Waals surface area contributed by atoms with Crippen LogP contribution in [0.15, 0.2) is 29.4 Å². The molecule has 1 aliphatic carbocycles. The first-order valence-electron chi connectivity index (χ1n) is 10.6. The van der Waals surface area contributed by atoms with Crippen LogP contribution in [0, 0.1) is 5.82 Å². The highest BCUT2D eigenvalue weighted by Gasteiger charge is 2.64.